The van der Waals surface area contributed by atoms with E-state index in [1.165, 1.54) is 11.8 Å². The minimum atomic E-state index is -2.58. The first kappa shape index (κ1) is 17.7. The van der Waals surface area contributed by atoms with E-state index in [0.29, 0.717) is 19.4 Å². The van der Waals surface area contributed by atoms with E-state index >= 15 is 0 Å². The molecular weight excluding hydrogens is 258 g/mol. The van der Waals surface area contributed by atoms with Crippen molar-refractivity contribution in [2.75, 3.05) is 12.4 Å². The summed E-state index contributed by atoms with van der Waals surface area (Å²) in [4.78, 5) is 11.6. The highest BCUT2D eigenvalue weighted by Gasteiger charge is 2.24. The van der Waals surface area contributed by atoms with Gasteiger partial charge in [-0.1, -0.05) is 13.8 Å². The summed E-state index contributed by atoms with van der Waals surface area (Å²) in [6.07, 6.45) is 1.11. The number of carbonyl (C=O) groups excluding carboxylic acids is 1. The fraction of sp³-hybridized carbons (Fsp3) is 0.923. The van der Waals surface area contributed by atoms with Crippen molar-refractivity contribution in [3.63, 3.8) is 0 Å². The van der Waals surface area contributed by atoms with Gasteiger partial charge in [0.15, 0.2) is 0 Å². The van der Waals surface area contributed by atoms with Crippen molar-refractivity contribution < 1.29 is 18.3 Å². The lowest BCUT2D eigenvalue weighted by Crippen LogP contribution is -2.26. The van der Waals surface area contributed by atoms with Crippen LogP contribution in [-0.4, -0.2) is 29.5 Å². The Hall–Kier alpha value is -0.320. The van der Waals surface area contributed by atoms with E-state index in [1.807, 2.05) is 13.8 Å². The number of rotatable bonds is 9. The first-order chi connectivity index (χ1) is 8.28. The van der Waals surface area contributed by atoms with E-state index in [4.69, 9.17) is 4.74 Å². The maximum atomic E-state index is 12.6. The summed E-state index contributed by atoms with van der Waals surface area (Å²) in [6.45, 7) is 7.03. The van der Waals surface area contributed by atoms with Gasteiger partial charge < -0.3 is 4.74 Å². The number of alkyl halides is 2. The van der Waals surface area contributed by atoms with Crippen molar-refractivity contribution in [2.24, 2.45) is 5.92 Å². The van der Waals surface area contributed by atoms with Crippen LogP contribution in [0.2, 0.25) is 0 Å². The fourth-order valence-electron chi connectivity index (χ4n) is 1.50. The van der Waals surface area contributed by atoms with Crippen LogP contribution in [0.3, 0.4) is 0 Å². The number of hydrogen-bond acceptors (Lipinski definition) is 3. The lowest BCUT2D eigenvalue weighted by Gasteiger charge is -2.18. The van der Waals surface area contributed by atoms with Gasteiger partial charge in [-0.05, 0) is 38.4 Å². The molecule has 108 valence electrons. The molecule has 0 aliphatic heterocycles. The summed E-state index contributed by atoms with van der Waals surface area (Å²) in [6, 6.07) is 0. The van der Waals surface area contributed by atoms with Crippen LogP contribution < -0.4 is 0 Å². The first-order valence-electron chi connectivity index (χ1n) is 6.44. The van der Waals surface area contributed by atoms with Gasteiger partial charge in [0.05, 0.1) is 6.61 Å². The Labute approximate surface area is 113 Å². The van der Waals surface area contributed by atoms with Crippen molar-refractivity contribution in [1.29, 1.82) is 0 Å². The van der Waals surface area contributed by atoms with E-state index < -0.39 is 5.92 Å². The number of halogens is 2. The Morgan fingerprint density at radius 3 is 2.39 bits per heavy atom. The quantitative estimate of drug-likeness (QED) is 0.470. The van der Waals surface area contributed by atoms with Gasteiger partial charge in [0.2, 0.25) is 5.92 Å². The monoisotopic (exact) mass is 282 g/mol. The van der Waals surface area contributed by atoms with Gasteiger partial charge in [-0.15, -0.1) is 11.8 Å². The molecule has 0 aromatic carbocycles. The van der Waals surface area contributed by atoms with Crippen LogP contribution in [0.15, 0.2) is 0 Å². The fourth-order valence-corrected chi connectivity index (χ4v) is 2.72. The molecule has 5 heteroatoms. The normalized spacial score (nSPS) is 13.7. The van der Waals surface area contributed by atoms with Crippen LogP contribution >= 0.6 is 11.8 Å². The highest BCUT2D eigenvalue weighted by Crippen LogP contribution is 2.24. The second-order valence-corrected chi connectivity index (χ2v) is 6.06. The Morgan fingerprint density at radius 1 is 1.33 bits per heavy atom. The highest BCUT2D eigenvalue weighted by atomic mass is 32.2. The van der Waals surface area contributed by atoms with Crippen LogP contribution in [0.5, 0.6) is 0 Å². The van der Waals surface area contributed by atoms with Crippen molar-refractivity contribution >= 4 is 17.7 Å². The molecule has 0 saturated heterocycles. The van der Waals surface area contributed by atoms with Gasteiger partial charge in [0, 0.05) is 6.42 Å². The molecule has 2 nitrogen and oxygen atoms in total. The number of hydrogen-bond donors (Lipinski definition) is 0. The second kappa shape index (κ2) is 8.73. The zero-order valence-corrected chi connectivity index (χ0v) is 12.5. The molecule has 0 aliphatic carbocycles. The molecule has 0 radical (unpaired) electrons. The second-order valence-electron chi connectivity index (χ2n) is 4.81. The van der Waals surface area contributed by atoms with Gasteiger partial charge in [0.25, 0.3) is 0 Å². The summed E-state index contributed by atoms with van der Waals surface area (Å²) in [5.74, 6) is -1.86. The Bertz CT molecular complexity index is 240. The summed E-state index contributed by atoms with van der Waals surface area (Å²) in [5, 5.41) is -0.188. The minimum absolute atomic E-state index is 0.0840. The van der Waals surface area contributed by atoms with E-state index in [9.17, 15) is 13.6 Å². The molecule has 0 heterocycles. The molecule has 0 bridgehead atoms. The number of esters is 1. The number of thioether (sulfide) groups is 1. The van der Waals surface area contributed by atoms with E-state index in [2.05, 4.69) is 0 Å². The Kier molecular flexibility index (Phi) is 8.57. The van der Waals surface area contributed by atoms with Crippen molar-refractivity contribution in [1.82, 2.24) is 0 Å². The van der Waals surface area contributed by atoms with Crippen molar-refractivity contribution in [3.8, 4) is 0 Å². The number of unbranched alkanes of at least 4 members (excludes halogenated alkanes) is 1. The van der Waals surface area contributed by atoms with E-state index in [0.717, 1.165) is 12.7 Å². The van der Waals surface area contributed by atoms with Crippen LogP contribution in [0.4, 0.5) is 8.78 Å². The zero-order chi connectivity index (χ0) is 14.2. The van der Waals surface area contributed by atoms with Crippen LogP contribution in [0.25, 0.3) is 0 Å². The summed E-state index contributed by atoms with van der Waals surface area (Å²) < 4.78 is 30.2. The Balaban J connectivity index is 3.88. The lowest BCUT2D eigenvalue weighted by atomic mass is 10.1. The summed E-state index contributed by atoms with van der Waals surface area (Å²) in [7, 11) is 0. The average Bonchev–Trinajstić information content (AvgIpc) is 2.21. The molecular formula is C13H24F2O2S. The molecule has 0 aliphatic rings. The first-order valence-corrected chi connectivity index (χ1v) is 7.49. The number of ether oxygens (including phenoxy) is 1. The molecule has 0 fully saturated rings. The maximum Gasteiger partial charge on any atom is 0.319 e. The molecule has 0 rings (SSSR count). The molecule has 0 aromatic heterocycles. The van der Waals surface area contributed by atoms with Gasteiger partial charge in [-0.3, -0.25) is 4.79 Å². The van der Waals surface area contributed by atoms with Crippen molar-refractivity contribution in [3.05, 3.63) is 0 Å². The topological polar surface area (TPSA) is 26.3 Å². The molecule has 1 unspecified atom stereocenters. The molecule has 0 saturated carbocycles. The predicted octanol–water partition coefficient (Wildman–Crippen LogP) is 4.13. The largest absolute Gasteiger partial charge is 0.465 e. The molecule has 1 atom stereocenters. The lowest BCUT2D eigenvalue weighted by molar-refractivity contribution is -0.143. The molecule has 0 spiro atoms. The third-order valence-corrected chi connectivity index (χ3v) is 4.05. The summed E-state index contributed by atoms with van der Waals surface area (Å²) >= 11 is 1.51. The third-order valence-electron chi connectivity index (χ3n) is 2.43. The summed E-state index contributed by atoms with van der Waals surface area (Å²) in [5.41, 5.74) is 0. The van der Waals surface area contributed by atoms with Crippen LogP contribution in [0, 0.1) is 5.92 Å². The van der Waals surface area contributed by atoms with Gasteiger partial charge in [-0.25, -0.2) is 8.78 Å². The molecule has 0 aromatic rings. The van der Waals surface area contributed by atoms with E-state index in [-0.39, 0.29) is 23.6 Å². The Morgan fingerprint density at radius 2 is 1.94 bits per heavy atom. The molecule has 0 N–H and O–H groups in total. The molecule has 0 amide bonds. The van der Waals surface area contributed by atoms with Gasteiger partial charge in [0.1, 0.15) is 5.25 Å². The van der Waals surface area contributed by atoms with Crippen LogP contribution in [0.1, 0.15) is 47.0 Å². The maximum absolute atomic E-state index is 12.6. The third kappa shape index (κ3) is 8.72. The highest BCUT2D eigenvalue weighted by molar-refractivity contribution is 8.00. The standard InChI is InChI=1S/C13H24F2O2S/c1-5-17-12(16)11(10(2)3)18-9-7-6-8-13(4,14)15/h10-11H,5-9H2,1-4H3. The zero-order valence-electron chi connectivity index (χ0n) is 11.7. The molecule has 18 heavy (non-hydrogen) atoms. The number of carbonyl (C=O) groups is 1. The van der Waals surface area contributed by atoms with Gasteiger partial charge >= 0.3 is 5.97 Å². The SMILES string of the molecule is CCOC(=O)C(SCCCCC(C)(F)F)C(C)C. The average molecular weight is 282 g/mol. The predicted molar refractivity (Wildman–Crippen MR) is 72.2 cm³/mol. The minimum Gasteiger partial charge on any atom is -0.465 e. The smallest absolute Gasteiger partial charge is 0.319 e. The van der Waals surface area contributed by atoms with Crippen LogP contribution in [-0.2, 0) is 9.53 Å². The van der Waals surface area contributed by atoms with E-state index in [1.54, 1.807) is 6.92 Å². The van der Waals surface area contributed by atoms with Gasteiger partial charge in [-0.2, -0.15) is 0 Å². The van der Waals surface area contributed by atoms with Crippen molar-refractivity contribution in [2.45, 2.75) is 58.1 Å².